The minimum absolute atomic E-state index is 0.676. The molecule has 0 aromatic rings. The Morgan fingerprint density at radius 1 is 1.40 bits per heavy atom. The quantitative estimate of drug-likeness (QED) is 0.505. The zero-order valence-corrected chi connectivity index (χ0v) is 11.1. The van der Waals surface area contributed by atoms with Crippen molar-refractivity contribution in [1.29, 1.82) is 0 Å². The Hall–Kier alpha value is -0.260. The van der Waals surface area contributed by atoms with Gasteiger partial charge in [-0.05, 0) is 49.4 Å². The zero-order valence-electron chi connectivity index (χ0n) is 11.1. The molecule has 2 atom stereocenters. The smallest absolute Gasteiger partial charge is 0.0292 e. The summed E-state index contributed by atoms with van der Waals surface area (Å²) < 4.78 is 0. The molecule has 1 aliphatic rings. The van der Waals surface area contributed by atoms with E-state index < -0.39 is 0 Å². The van der Waals surface area contributed by atoms with Gasteiger partial charge in [-0.3, -0.25) is 0 Å². The normalized spacial score (nSPS) is 29.5. The summed E-state index contributed by atoms with van der Waals surface area (Å²) in [5, 5.41) is 0. The molecular weight excluding hydrogens is 180 g/mol. The lowest BCUT2D eigenvalue weighted by Crippen LogP contribution is -1.99. The van der Waals surface area contributed by atoms with Gasteiger partial charge in [-0.1, -0.05) is 46.3 Å². The highest BCUT2D eigenvalue weighted by Crippen LogP contribution is 2.57. The molecule has 0 bridgehead atoms. The largest absolute Gasteiger partial charge is 0.0999 e. The fourth-order valence-corrected chi connectivity index (χ4v) is 2.53. The second-order valence-electron chi connectivity index (χ2n) is 6.15. The van der Waals surface area contributed by atoms with Gasteiger partial charge in [0.2, 0.25) is 0 Å². The summed E-state index contributed by atoms with van der Waals surface area (Å²) in [5.74, 6) is 1.83. The molecule has 0 aromatic heterocycles. The Balaban J connectivity index is 2.12. The summed E-state index contributed by atoms with van der Waals surface area (Å²) in [7, 11) is 0. The summed E-state index contributed by atoms with van der Waals surface area (Å²) in [4.78, 5) is 0. The van der Waals surface area contributed by atoms with Crippen LogP contribution in [0.3, 0.4) is 0 Å². The van der Waals surface area contributed by atoms with Crippen molar-refractivity contribution in [2.75, 3.05) is 0 Å². The third-order valence-corrected chi connectivity index (χ3v) is 4.16. The van der Waals surface area contributed by atoms with E-state index in [-0.39, 0.29) is 0 Å². The van der Waals surface area contributed by atoms with Gasteiger partial charge >= 0.3 is 0 Å². The molecule has 0 heterocycles. The first-order valence-electron chi connectivity index (χ1n) is 6.64. The van der Waals surface area contributed by atoms with Gasteiger partial charge in [0.25, 0.3) is 0 Å². The highest BCUT2D eigenvalue weighted by atomic mass is 14.5. The van der Waals surface area contributed by atoms with Crippen molar-refractivity contribution in [3.05, 3.63) is 12.2 Å². The summed E-state index contributed by atoms with van der Waals surface area (Å²) in [6, 6.07) is 0. The summed E-state index contributed by atoms with van der Waals surface area (Å²) in [6.45, 7) is 13.6. The fraction of sp³-hybridized carbons (Fsp3) is 0.867. The van der Waals surface area contributed by atoms with E-state index in [0.717, 1.165) is 11.8 Å². The molecule has 2 unspecified atom stereocenters. The van der Waals surface area contributed by atoms with Gasteiger partial charge in [0.15, 0.2) is 0 Å². The molecule has 1 rings (SSSR count). The maximum atomic E-state index is 4.21. The SMILES string of the molecule is C=C(CCC(C)C)CCC1(C)CC1CC. The molecule has 15 heavy (non-hydrogen) atoms. The summed E-state index contributed by atoms with van der Waals surface area (Å²) in [6.07, 6.45) is 8.02. The zero-order chi connectivity index (χ0) is 11.5. The van der Waals surface area contributed by atoms with Crippen LogP contribution in [0.5, 0.6) is 0 Å². The van der Waals surface area contributed by atoms with Crippen LogP contribution in [0.4, 0.5) is 0 Å². The van der Waals surface area contributed by atoms with Crippen molar-refractivity contribution in [3.8, 4) is 0 Å². The van der Waals surface area contributed by atoms with Crippen molar-refractivity contribution in [2.24, 2.45) is 17.3 Å². The topological polar surface area (TPSA) is 0 Å². The van der Waals surface area contributed by atoms with Gasteiger partial charge in [0.05, 0.1) is 0 Å². The van der Waals surface area contributed by atoms with Gasteiger partial charge in [-0.15, -0.1) is 0 Å². The molecule has 0 nitrogen and oxygen atoms in total. The Morgan fingerprint density at radius 3 is 2.53 bits per heavy atom. The van der Waals surface area contributed by atoms with Gasteiger partial charge in [0.1, 0.15) is 0 Å². The Bertz CT molecular complexity index is 214. The van der Waals surface area contributed by atoms with Crippen LogP contribution in [0.25, 0.3) is 0 Å². The highest BCUT2D eigenvalue weighted by Gasteiger charge is 2.47. The van der Waals surface area contributed by atoms with Crippen LogP contribution in [0.2, 0.25) is 0 Å². The van der Waals surface area contributed by atoms with Crippen molar-refractivity contribution in [1.82, 2.24) is 0 Å². The van der Waals surface area contributed by atoms with Crippen LogP contribution in [-0.2, 0) is 0 Å². The molecule has 0 aromatic carbocycles. The van der Waals surface area contributed by atoms with Crippen LogP contribution in [0.1, 0.15) is 66.2 Å². The maximum absolute atomic E-state index is 4.21. The first kappa shape index (κ1) is 12.8. The van der Waals surface area contributed by atoms with E-state index in [1.165, 1.54) is 44.1 Å². The number of allylic oxidation sites excluding steroid dienone is 1. The lowest BCUT2D eigenvalue weighted by Gasteiger charge is -2.12. The molecule has 1 saturated carbocycles. The molecule has 88 valence electrons. The molecule has 1 aliphatic carbocycles. The molecule has 0 radical (unpaired) electrons. The number of hydrogen-bond donors (Lipinski definition) is 0. The molecule has 0 N–H and O–H groups in total. The summed E-state index contributed by atoms with van der Waals surface area (Å²) >= 11 is 0. The average molecular weight is 208 g/mol. The van der Waals surface area contributed by atoms with E-state index in [4.69, 9.17) is 0 Å². The van der Waals surface area contributed by atoms with E-state index in [1.54, 1.807) is 0 Å². The second kappa shape index (κ2) is 5.18. The van der Waals surface area contributed by atoms with Crippen LogP contribution >= 0.6 is 0 Å². The van der Waals surface area contributed by atoms with Crippen molar-refractivity contribution in [2.45, 2.75) is 66.2 Å². The standard InChI is InChI=1S/C15H28/c1-6-14-11-15(14,5)10-9-13(4)8-7-12(2)3/h12,14H,4,6-11H2,1-3,5H3. The second-order valence-corrected chi connectivity index (χ2v) is 6.15. The molecule has 0 spiro atoms. The van der Waals surface area contributed by atoms with Crippen molar-refractivity contribution in [3.63, 3.8) is 0 Å². The van der Waals surface area contributed by atoms with Crippen molar-refractivity contribution < 1.29 is 0 Å². The predicted octanol–water partition coefficient (Wildman–Crippen LogP) is 5.20. The van der Waals surface area contributed by atoms with Crippen molar-refractivity contribution >= 4 is 0 Å². The number of rotatable bonds is 7. The average Bonchev–Trinajstić information content (AvgIpc) is 2.84. The Kier molecular flexibility index (Phi) is 4.43. The van der Waals surface area contributed by atoms with E-state index in [1.807, 2.05) is 0 Å². The minimum atomic E-state index is 0.676. The minimum Gasteiger partial charge on any atom is -0.0999 e. The fourth-order valence-electron chi connectivity index (χ4n) is 2.53. The van der Waals surface area contributed by atoms with Gasteiger partial charge in [-0.25, -0.2) is 0 Å². The molecule has 1 fully saturated rings. The molecular formula is C15H28. The van der Waals surface area contributed by atoms with Gasteiger partial charge in [-0.2, -0.15) is 0 Å². The Labute approximate surface area is 96.2 Å². The lowest BCUT2D eigenvalue weighted by molar-refractivity contribution is 0.448. The van der Waals surface area contributed by atoms with Crippen LogP contribution in [-0.4, -0.2) is 0 Å². The molecule has 0 saturated heterocycles. The van der Waals surface area contributed by atoms with E-state index in [9.17, 15) is 0 Å². The molecule has 0 aliphatic heterocycles. The van der Waals surface area contributed by atoms with E-state index in [2.05, 4.69) is 34.3 Å². The third kappa shape index (κ3) is 4.01. The van der Waals surface area contributed by atoms with E-state index >= 15 is 0 Å². The van der Waals surface area contributed by atoms with Crippen LogP contribution < -0.4 is 0 Å². The lowest BCUT2D eigenvalue weighted by atomic mass is 9.93. The van der Waals surface area contributed by atoms with Crippen LogP contribution in [0, 0.1) is 17.3 Å². The number of hydrogen-bond acceptors (Lipinski definition) is 0. The Morgan fingerprint density at radius 2 is 2.07 bits per heavy atom. The van der Waals surface area contributed by atoms with Gasteiger partial charge in [0, 0.05) is 0 Å². The maximum Gasteiger partial charge on any atom is -0.0292 e. The molecule has 0 heteroatoms. The first-order chi connectivity index (χ1) is 6.98. The highest BCUT2D eigenvalue weighted by molar-refractivity contribution is 5.02. The summed E-state index contributed by atoms with van der Waals surface area (Å²) in [5.41, 5.74) is 2.15. The predicted molar refractivity (Wildman–Crippen MR) is 69.0 cm³/mol. The molecule has 0 amide bonds. The first-order valence-corrected chi connectivity index (χ1v) is 6.64. The van der Waals surface area contributed by atoms with Gasteiger partial charge < -0.3 is 0 Å². The van der Waals surface area contributed by atoms with E-state index in [0.29, 0.717) is 5.41 Å². The monoisotopic (exact) mass is 208 g/mol. The third-order valence-electron chi connectivity index (χ3n) is 4.16. The van der Waals surface area contributed by atoms with Crippen LogP contribution in [0.15, 0.2) is 12.2 Å².